The summed E-state index contributed by atoms with van der Waals surface area (Å²) in [6.45, 7) is 0. The molecule has 0 unspecified atom stereocenters. The first-order chi connectivity index (χ1) is 8.83. The Balaban J connectivity index is 1.43. The van der Waals surface area contributed by atoms with E-state index in [1.807, 2.05) is 0 Å². The molecule has 3 aliphatic rings. The van der Waals surface area contributed by atoms with Crippen molar-refractivity contribution in [1.82, 2.24) is 10.7 Å². The van der Waals surface area contributed by atoms with Crippen LogP contribution < -0.4 is 10.7 Å². The fourth-order valence-corrected chi connectivity index (χ4v) is 3.46. The van der Waals surface area contributed by atoms with Gasteiger partial charge in [-0.25, -0.2) is 0 Å². The summed E-state index contributed by atoms with van der Waals surface area (Å²) < 4.78 is 0. The van der Waals surface area contributed by atoms with Gasteiger partial charge in [-0.15, -0.1) is 0 Å². The molecule has 0 bridgehead atoms. The van der Waals surface area contributed by atoms with Gasteiger partial charge in [-0.05, 0) is 43.8 Å². The normalized spacial score (nSPS) is 33.0. The number of rotatable bonds is 2. The maximum absolute atomic E-state index is 5.30. The molecule has 0 aromatic heterocycles. The summed E-state index contributed by atoms with van der Waals surface area (Å²) in [4.78, 5) is 0. The highest BCUT2D eigenvalue weighted by Gasteiger charge is 2.37. The van der Waals surface area contributed by atoms with Gasteiger partial charge in [-0.3, -0.25) is 5.43 Å². The lowest BCUT2D eigenvalue weighted by molar-refractivity contribution is 0.412. The van der Waals surface area contributed by atoms with Crippen LogP contribution in [-0.2, 0) is 0 Å². The van der Waals surface area contributed by atoms with Crippen LogP contribution in [-0.4, -0.2) is 16.9 Å². The second kappa shape index (κ2) is 5.39. The van der Waals surface area contributed by atoms with Gasteiger partial charge in [-0.2, -0.15) is 5.10 Å². The first-order valence-corrected chi connectivity index (χ1v) is 7.53. The van der Waals surface area contributed by atoms with Crippen LogP contribution in [0.5, 0.6) is 0 Å². The van der Waals surface area contributed by atoms with E-state index in [0.717, 1.165) is 18.8 Å². The monoisotopic (exact) mass is 263 g/mol. The van der Waals surface area contributed by atoms with Gasteiger partial charge < -0.3 is 5.32 Å². The van der Waals surface area contributed by atoms with Gasteiger partial charge in [0.15, 0.2) is 5.11 Å². The van der Waals surface area contributed by atoms with E-state index in [-0.39, 0.29) is 0 Å². The van der Waals surface area contributed by atoms with Crippen LogP contribution in [0, 0.1) is 11.8 Å². The lowest BCUT2D eigenvalue weighted by atomic mass is 9.74. The fourth-order valence-electron chi connectivity index (χ4n) is 3.25. The quantitative estimate of drug-likeness (QED) is 0.457. The molecule has 0 spiro atoms. The zero-order valence-corrected chi connectivity index (χ0v) is 11.5. The van der Waals surface area contributed by atoms with E-state index in [4.69, 9.17) is 12.2 Å². The molecule has 0 aliphatic heterocycles. The molecule has 0 aromatic carbocycles. The van der Waals surface area contributed by atoms with E-state index in [2.05, 4.69) is 28.0 Å². The van der Waals surface area contributed by atoms with Crippen LogP contribution in [0.3, 0.4) is 0 Å². The summed E-state index contributed by atoms with van der Waals surface area (Å²) in [7, 11) is 0. The van der Waals surface area contributed by atoms with Crippen LogP contribution in [0.25, 0.3) is 0 Å². The molecule has 98 valence electrons. The molecule has 0 amide bonds. The molecule has 3 rings (SSSR count). The lowest BCUT2D eigenvalue weighted by Crippen LogP contribution is -2.42. The molecule has 0 saturated heterocycles. The van der Waals surface area contributed by atoms with E-state index < -0.39 is 0 Å². The fraction of sp³-hybridized carbons (Fsp3) is 0.714. The molecule has 3 nitrogen and oxygen atoms in total. The number of fused-ring (bicyclic) bond motifs is 1. The molecule has 0 radical (unpaired) electrons. The molecule has 2 N–H and O–H groups in total. The zero-order chi connectivity index (χ0) is 12.4. The Morgan fingerprint density at radius 2 is 2.11 bits per heavy atom. The number of nitrogens with one attached hydrogen (secondary N) is 2. The Morgan fingerprint density at radius 3 is 2.89 bits per heavy atom. The summed E-state index contributed by atoms with van der Waals surface area (Å²) in [6.07, 6.45) is 13.4. The Bertz CT molecular complexity index is 383. The maximum atomic E-state index is 5.30. The van der Waals surface area contributed by atoms with Crippen LogP contribution in [0.2, 0.25) is 0 Å². The largest absolute Gasteiger partial charge is 0.359 e. The number of hydrogen-bond donors (Lipinski definition) is 2. The Kier molecular flexibility index (Phi) is 3.64. The number of allylic oxidation sites excluding steroid dienone is 2. The van der Waals surface area contributed by atoms with E-state index in [1.165, 1.54) is 37.8 Å². The van der Waals surface area contributed by atoms with Crippen molar-refractivity contribution in [2.24, 2.45) is 16.9 Å². The van der Waals surface area contributed by atoms with E-state index >= 15 is 0 Å². The van der Waals surface area contributed by atoms with Gasteiger partial charge >= 0.3 is 0 Å². The third-order valence-corrected chi connectivity index (χ3v) is 4.61. The van der Waals surface area contributed by atoms with Gasteiger partial charge in [0, 0.05) is 17.7 Å². The smallest absolute Gasteiger partial charge is 0.187 e. The third-order valence-electron chi connectivity index (χ3n) is 4.40. The first kappa shape index (κ1) is 12.2. The van der Waals surface area contributed by atoms with Crippen molar-refractivity contribution < 1.29 is 0 Å². The van der Waals surface area contributed by atoms with Crippen molar-refractivity contribution in [2.45, 2.75) is 51.0 Å². The van der Waals surface area contributed by atoms with E-state index in [9.17, 15) is 0 Å². The average molecular weight is 263 g/mol. The van der Waals surface area contributed by atoms with Crippen molar-refractivity contribution in [3.8, 4) is 0 Å². The van der Waals surface area contributed by atoms with Gasteiger partial charge in [0.2, 0.25) is 0 Å². The van der Waals surface area contributed by atoms with Gasteiger partial charge in [0.25, 0.3) is 0 Å². The summed E-state index contributed by atoms with van der Waals surface area (Å²) in [5, 5.41) is 8.54. The molecule has 2 atom stereocenters. The van der Waals surface area contributed by atoms with Crippen molar-refractivity contribution >= 4 is 23.0 Å². The second-order valence-corrected chi connectivity index (χ2v) is 6.07. The highest BCUT2D eigenvalue weighted by Crippen LogP contribution is 2.39. The summed E-state index contributed by atoms with van der Waals surface area (Å²) >= 11 is 5.30. The minimum atomic E-state index is 0.557. The molecule has 18 heavy (non-hydrogen) atoms. The number of nitrogens with zero attached hydrogens (tertiary/aromatic N) is 1. The lowest BCUT2D eigenvalue weighted by Gasteiger charge is -2.32. The zero-order valence-electron chi connectivity index (χ0n) is 10.7. The molecule has 2 saturated carbocycles. The van der Waals surface area contributed by atoms with Crippen molar-refractivity contribution in [3.63, 3.8) is 0 Å². The van der Waals surface area contributed by atoms with Crippen LogP contribution >= 0.6 is 12.2 Å². The van der Waals surface area contributed by atoms with Crippen molar-refractivity contribution in [2.75, 3.05) is 0 Å². The minimum Gasteiger partial charge on any atom is -0.359 e. The topological polar surface area (TPSA) is 36.4 Å². The third kappa shape index (κ3) is 2.58. The van der Waals surface area contributed by atoms with Gasteiger partial charge in [-0.1, -0.05) is 31.4 Å². The predicted molar refractivity (Wildman–Crippen MR) is 78.5 cm³/mol. The Hall–Kier alpha value is -0.900. The number of hydrogen-bond acceptors (Lipinski definition) is 2. The highest BCUT2D eigenvalue weighted by molar-refractivity contribution is 7.80. The van der Waals surface area contributed by atoms with Gasteiger partial charge in [0.05, 0.1) is 0 Å². The van der Waals surface area contributed by atoms with Crippen LogP contribution in [0.15, 0.2) is 17.3 Å². The number of thiocarbonyl (C=S) groups is 1. The molecular weight excluding hydrogens is 242 g/mol. The molecule has 0 aromatic rings. The summed E-state index contributed by atoms with van der Waals surface area (Å²) in [5.41, 5.74) is 4.31. The van der Waals surface area contributed by atoms with E-state index in [0.29, 0.717) is 17.1 Å². The second-order valence-electron chi connectivity index (χ2n) is 5.66. The van der Waals surface area contributed by atoms with Crippen LogP contribution in [0.4, 0.5) is 0 Å². The number of hydrazone groups is 1. The SMILES string of the molecule is S=C(N/N=C1/C[C@@H]2C=CC[C@H]12)NC1CCCCC1. The van der Waals surface area contributed by atoms with E-state index in [1.54, 1.807) is 0 Å². The average Bonchev–Trinajstić information content (AvgIpc) is 2.72. The molecule has 2 fully saturated rings. The Labute approximate surface area is 114 Å². The van der Waals surface area contributed by atoms with Crippen LogP contribution in [0.1, 0.15) is 44.9 Å². The first-order valence-electron chi connectivity index (χ1n) is 7.12. The minimum absolute atomic E-state index is 0.557. The van der Waals surface area contributed by atoms with Gasteiger partial charge in [0.1, 0.15) is 0 Å². The summed E-state index contributed by atoms with van der Waals surface area (Å²) in [6, 6.07) is 0.557. The summed E-state index contributed by atoms with van der Waals surface area (Å²) in [5.74, 6) is 1.42. The van der Waals surface area contributed by atoms with Crippen molar-refractivity contribution in [3.05, 3.63) is 12.2 Å². The highest BCUT2D eigenvalue weighted by atomic mass is 32.1. The maximum Gasteiger partial charge on any atom is 0.187 e. The predicted octanol–water partition coefficient (Wildman–Crippen LogP) is 2.74. The molecule has 4 heteroatoms. The Morgan fingerprint density at radius 1 is 1.28 bits per heavy atom. The standard InChI is InChI=1S/C14H21N3S/c18-14(15-11-6-2-1-3-7-11)17-16-13-9-10-5-4-8-12(10)13/h4-5,10-12H,1-3,6-9H2,(H2,15,17,18)/b16-13-/t10-,12-/m0/s1. The van der Waals surface area contributed by atoms with Crippen molar-refractivity contribution in [1.29, 1.82) is 0 Å². The molecule has 3 aliphatic carbocycles. The molecular formula is C14H21N3S. The molecule has 0 heterocycles.